The van der Waals surface area contributed by atoms with E-state index in [-0.39, 0.29) is 18.5 Å². The highest BCUT2D eigenvalue weighted by atomic mass is 79.9. The molecule has 1 fully saturated rings. The maximum absolute atomic E-state index is 14.3. The first-order valence-electron chi connectivity index (χ1n) is 14.1. The molecule has 7 nitrogen and oxygen atoms in total. The molecule has 3 aromatic carbocycles. The maximum Gasteiger partial charge on any atom is 0.244 e. The number of hydrogen-bond acceptors (Lipinski definition) is 4. The third-order valence-electron chi connectivity index (χ3n) is 7.60. The van der Waals surface area contributed by atoms with Crippen molar-refractivity contribution in [3.63, 3.8) is 0 Å². The van der Waals surface area contributed by atoms with Gasteiger partial charge < -0.3 is 10.2 Å². The number of amides is 2. The molecule has 0 aromatic heterocycles. The number of nitrogens with one attached hydrogen (secondary N) is 1. The summed E-state index contributed by atoms with van der Waals surface area (Å²) in [6, 6.07) is 21.2. The summed E-state index contributed by atoms with van der Waals surface area (Å²) in [4.78, 5) is 29.8. The van der Waals surface area contributed by atoms with Gasteiger partial charge in [0, 0.05) is 28.5 Å². The van der Waals surface area contributed by atoms with E-state index < -0.39 is 28.5 Å². The highest BCUT2D eigenvalue weighted by Gasteiger charge is 2.34. The number of hydrogen-bond donors (Lipinski definition) is 1. The maximum atomic E-state index is 14.3. The Hall–Kier alpha value is -2.88. The Labute approximate surface area is 262 Å². The van der Waals surface area contributed by atoms with Gasteiger partial charge in [0.05, 0.1) is 11.9 Å². The number of sulfonamides is 1. The van der Waals surface area contributed by atoms with Gasteiger partial charge in [-0.05, 0) is 66.8 Å². The van der Waals surface area contributed by atoms with Crippen molar-refractivity contribution in [2.75, 3.05) is 17.1 Å². The molecule has 0 saturated heterocycles. The molecule has 1 atom stereocenters. The van der Waals surface area contributed by atoms with Crippen LogP contribution in [-0.2, 0) is 32.6 Å². The fourth-order valence-corrected chi connectivity index (χ4v) is 6.78. The Balaban J connectivity index is 1.73. The van der Waals surface area contributed by atoms with Crippen molar-refractivity contribution in [2.45, 2.75) is 64.1 Å². The number of nitrogens with zero attached hydrogens (tertiary/aromatic N) is 2. The summed E-state index contributed by atoms with van der Waals surface area (Å²) in [5, 5.41) is 3.68. The summed E-state index contributed by atoms with van der Waals surface area (Å²) in [6.45, 7) is 1.43. The second-order valence-electron chi connectivity index (χ2n) is 10.9. The average molecular weight is 675 g/mol. The first-order chi connectivity index (χ1) is 20.0. The van der Waals surface area contributed by atoms with Crippen molar-refractivity contribution in [1.29, 1.82) is 0 Å². The van der Waals surface area contributed by atoms with Gasteiger partial charge in [0.2, 0.25) is 21.8 Å². The van der Waals surface area contributed by atoms with Gasteiger partial charge in [-0.25, -0.2) is 8.42 Å². The molecule has 1 saturated carbocycles. The highest BCUT2D eigenvalue weighted by molar-refractivity contribution is 9.10. The Morgan fingerprint density at radius 3 is 2.26 bits per heavy atom. The molecule has 10 heteroatoms. The Morgan fingerprint density at radius 2 is 1.64 bits per heavy atom. The van der Waals surface area contributed by atoms with Crippen molar-refractivity contribution in [1.82, 2.24) is 10.2 Å². The van der Waals surface area contributed by atoms with E-state index >= 15 is 0 Å². The van der Waals surface area contributed by atoms with E-state index in [1.165, 1.54) is 4.90 Å². The molecule has 1 aliphatic carbocycles. The summed E-state index contributed by atoms with van der Waals surface area (Å²) < 4.78 is 28.0. The van der Waals surface area contributed by atoms with Crippen LogP contribution in [0.3, 0.4) is 0 Å². The molecule has 0 unspecified atom stereocenters. The molecule has 0 heterocycles. The smallest absolute Gasteiger partial charge is 0.244 e. The van der Waals surface area contributed by atoms with Crippen LogP contribution in [0.4, 0.5) is 5.69 Å². The number of benzene rings is 3. The number of halogens is 2. The fraction of sp³-hybridized carbons (Fsp3) is 0.375. The van der Waals surface area contributed by atoms with Crippen LogP contribution in [0.25, 0.3) is 0 Å². The van der Waals surface area contributed by atoms with Crippen LogP contribution in [0.2, 0.25) is 5.02 Å². The SMILES string of the molecule is Cc1cc(Cl)ccc1N(CC(=O)N(Cc1ccc(Br)cc1)[C@@H](Cc1ccccc1)C(=O)NC1CCCCC1)S(C)(=O)=O. The minimum absolute atomic E-state index is 0.0541. The lowest BCUT2D eigenvalue weighted by molar-refractivity contribution is -0.140. The van der Waals surface area contributed by atoms with Crippen LogP contribution in [0.1, 0.15) is 48.8 Å². The molecule has 0 aliphatic heterocycles. The minimum atomic E-state index is -3.85. The van der Waals surface area contributed by atoms with E-state index in [9.17, 15) is 18.0 Å². The lowest BCUT2D eigenvalue weighted by Crippen LogP contribution is -2.55. The topological polar surface area (TPSA) is 86.8 Å². The van der Waals surface area contributed by atoms with Gasteiger partial charge >= 0.3 is 0 Å². The van der Waals surface area contributed by atoms with Gasteiger partial charge in [0.25, 0.3) is 0 Å². The van der Waals surface area contributed by atoms with Crippen molar-refractivity contribution in [2.24, 2.45) is 0 Å². The van der Waals surface area contributed by atoms with E-state index in [1.54, 1.807) is 25.1 Å². The number of carbonyl (C=O) groups excluding carboxylic acids is 2. The second-order valence-corrected chi connectivity index (χ2v) is 14.2. The average Bonchev–Trinajstić information content (AvgIpc) is 2.95. The summed E-state index contributed by atoms with van der Waals surface area (Å²) in [5.41, 5.74) is 2.72. The molecule has 4 rings (SSSR count). The van der Waals surface area contributed by atoms with E-state index in [1.807, 2.05) is 54.6 Å². The summed E-state index contributed by atoms with van der Waals surface area (Å²) in [7, 11) is -3.85. The third kappa shape index (κ3) is 8.82. The predicted octanol–water partition coefficient (Wildman–Crippen LogP) is 6.27. The highest BCUT2D eigenvalue weighted by Crippen LogP contribution is 2.27. The second kappa shape index (κ2) is 14.5. The van der Waals surface area contributed by atoms with Crippen LogP contribution < -0.4 is 9.62 Å². The normalized spacial score (nSPS) is 14.7. The van der Waals surface area contributed by atoms with E-state index in [0.717, 1.165) is 58.3 Å². The first-order valence-corrected chi connectivity index (χ1v) is 17.2. The van der Waals surface area contributed by atoms with Crippen molar-refractivity contribution in [3.05, 3.63) is 99.0 Å². The molecular weight excluding hydrogens is 638 g/mol. The van der Waals surface area contributed by atoms with Crippen LogP contribution in [0.15, 0.2) is 77.3 Å². The molecule has 2 amide bonds. The minimum Gasteiger partial charge on any atom is -0.352 e. The van der Waals surface area contributed by atoms with Crippen molar-refractivity contribution < 1.29 is 18.0 Å². The van der Waals surface area contributed by atoms with Gasteiger partial charge in [-0.1, -0.05) is 89.3 Å². The van der Waals surface area contributed by atoms with E-state index in [0.29, 0.717) is 22.7 Å². The number of carbonyl (C=O) groups is 2. The molecule has 42 heavy (non-hydrogen) atoms. The van der Waals surface area contributed by atoms with E-state index in [2.05, 4.69) is 21.2 Å². The van der Waals surface area contributed by atoms with E-state index in [4.69, 9.17) is 11.6 Å². The lowest BCUT2D eigenvalue weighted by Gasteiger charge is -2.35. The molecule has 3 aromatic rings. The summed E-state index contributed by atoms with van der Waals surface area (Å²) in [5.74, 6) is -0.706. The Bertz CT molecular complexity index is 1480. The summed E-state index contributed by atoms with van der Waals surface area (Å²) in [6.07, 6.45) is 6.44. The third-order valence-corrected chi connectivity index (χ3v) is 9.49. The molecule has 224 valence electrons. The zero-order valence-electron chi connectivity index (χ0n) is 23.9. The van der Waals surface area contributed by atoms with Crippen molar-refractivity contribution in [3.8, 4) is 0 Å². The Morgan fingerprint density at radius 1 is 0.976 bits per heavy atom. The standard InChI is InChI=1S/C32H37BrClN3O4S/c1-23-19-27(34)17-18-29(23)37(42(2,40)41)22-31(38)36(21-25-13-15-26(33)16-14-25)30(20-24-9-5-3-6-10-24)32(39)35-28-11-7-4-8-12-28/h3,5-6,9-10,13-19,28,30H,4,7-8,11-12,20-22H2,1-2H3,(H,35,39)/t30-/m0/s1. The van der Waals surface area contributed by atoms with Gasteiger partial charge in [-0.15, -0.1) is 0 Å². The predicted molar refractivity (Wildman–Crippen MR) is 172 cm³/mol. The molecule has 1 aliphatic rings. The first kappa shape index (κ1) is 32.0. The summed E-state index contributed by atoms with van der Waals surface area (Å²) >= 11 is 9.59. The fourth-order valence-electron chi connectivity index (χ4n) is 5.38. The van der Waals surface area contributed by atoms with Gasteiger partial charge in [0.15, 0.2) is 0 Å². The zero-order valence-corrected chi connectivity index (χ0v) is 27.1. The lowest BCUT2D eigenvalue weighted by atomic mass is 9.94. The zero-order chi connectivity index (χ0) is 30.3. The van der Waals surface area contributed by atoms with Crippen molar-refractivity contribution >= 4 is 55.1 Å². The molecular formula is C32H37BrClN3O4S. The van der Waals surface area contributed by atoms with Crippen LogP contribution >= 0.6 is 27.5 Å². The molecule has 1 N–H and O–H groups in total. The van der Waals surface area contributed by atoms with Crippen LogP contribution in [-0.4, -0.2) is 50.0 Å². The van der Waals surface area contributed by atoms with Gasteiger partial charge in [-0.3, -0.25) is 13.9 Å². The molecule has 0 bridgehead atoms. The monoisotopic (exact) mass is 673 g/mol. The number of rotatable bonds is 11. The number of aryl methyl sites for hydroxylation is 1. The quantitative estimate of drug-likeness (QED) is 0.260. The van der Waals surface area contributed by atoms with Crippen LogP contribution in [0, 0.1) is 6.92 Å². The Kier molecular flexibility index (Phi) is 11.1. The van der Waals surface area contributed by atoms with Gasteiger partial charge in [-0.2, -0.15) is 0 Å². The molecule has 0 spiro atoms. The van der Waals surface area contributed by atoms with Gasteiger partial charge in [0.1, 0.15) is 12.6 Å². The molecule has 0 radical (unpaired) electrons. The number of anilines is 1. The largest absolute Gasteiger partial charge is 0.352 e. The van der Waals surface area contributed by atoms with Crippen LogP contribution in [0.5, 0.6) is 0 Å².